The molecule has 0 saturated carbocycles. The minimum absolute atomic E-state index is 0.153. The van der Waals surface area contributed by atoms with Gasteiger partial charge >= 0.3 is 0 Å². The van der Waals surface area contributed by atoms with Crippen LogP contribution in [0.25, 0.3) is 0 Å². The van der Waals surface area contributed by atoms with E-state index in [9.17, 15) is 0 Å². The third-order valence-corrected chi connectivity index (χ3v) is 3.54. The first-order valence-electron chi connectivity index (χ1n) is 6.98. The number of nitrogens with one attached hydrogen (secondary N) is 1. The Kier molecular flexibility index (Phi) is 5.15. The van der Waals surface area contributed by atoms with Gasteiger partial charge < -0.3 is 5.32 Å². The quantitative estimate of drug-likeness (QED) is 0.887. The van der Waals surface area contributed by atoms with E-state index >= 15 is 0 Å². The summed E-state index contributed by atoms with van der Waals surface area (Å²) in [5.41, 5.74) is 2.29. The summed E-state index contributed by atoms with van der Waals surface area (Å²) in [6.45, 7) is 7.21. The fourth-order valence-electron chi connectivity index (χ4n) is 2.35. The molecule has 1 N–H and O–H groups in total. The predicted octanol–water partition coefficient (Wildman–Crippen LogP) is 3.41. The molecule has 0 amide bonds. The number of hydrogen-bond donors (Lipinski definition) is 1. The number of pyridine rings is 1. The first kappa shape index (κ1) is 15.0. The van der Waals surface area contributed by atoms with Crippen LogP contribution in [0.4, 0.5) is 0 Å². The van der Waals surface area contributed by atoms with Crippen molar-refractivity contribution in [3.05, 3.63) is 47.0 Å². The molecule has 4 nitrogen and oxygen atoms in total. The molecular formula is C15H21ClN4. The first-order valence-corrected chi connectivity index (χ1v) is 7.36. The molecule has 0 radical (unpaired) electrons. The van der Waals surface area contributed by atoms with E-state index in [0.29, 0.717) is 0 Å². The van der Waals surface area contributed by atoms with Gasteiger partial charge in [0, 0.05) is 18.4 Å². The lowest BCUT2D eigenvalue weighted by Crippen LogP contribution is -2.26. The zero-order valence-corrected chi connectivity index (χ0v) is 12.9. The summed E-state index contributed by atoms with van der Waals surface area (Å²) in [6.07, 6.45) is 6.24. The number of nitrogens with zero attached hydrogens (tertiary/aromatic N) is 3. The van der Waals surface area contributed by atoms with E-state index in [4.69, 9.17) is 11.6 Å². The normalized spacial score (nSPS) is 12.8. The summed E-state index contributed by atoms with van der Waals surface area (Å²) < 4.78 is 2.00. The second kappa shape index (κ2) is 6.86. The Labute approximate surface area is 125 Å². The Morgan fingerprint density at radius 2 is 2.00 bits per heavy atom. The van der Waals surface area contributed by atoms with Gasteiger partial charge in [0.1, 0.15) is 0 Å². The highest BCUT2D eigenvalue weighted by Gasteiger charge is 2.21. The molecule has 2 aromatic rings. The highest BCUT2D eigenvalue weighted by Crippen LogP contribution is 2.27. The molecule has 0 fully saturated rings. The summed E-state index contributed by atoms with van der Waals surface area (Å²) in [7, 11) is 0. The molecule has 1 unspecified atom stereocenters. The van der Waals surface area contributed by atoms with Gasteiger partial charge in [-0.15, -0.1) is 0 Å². The number of aromatic nitrogens is 3. The predicted molar refractivity (Wildman–Crippen MR) is 82.0 cm³/mol. The van der Waals surface area contributed by atoms with Crippen LogP contribution in [0.2, 0.25) is 5.02 Å². The van der Waals surface area contributed by atoms with Gasteiger partial charge in [0.05, 0.1) is 23.0 Å². The lowest BCUT2D eigenvalue weighted by Gasteiger charge is -2.22. The third kappa shape index (κ3) is 3.38. The molecule has 0 bridgehead atoms. The molecule has 2 aromatic heterocycles. The van der Waals surface area contributed by atoms with Crippen molar-refractivity contribution < 1.29 is 0 Å². The minimum atomic E-state index is 0.153. The molecule has 108 valence electrons. The fourth-order valence-corrected chi connectivity index (χ4v) is 2.62. The lowest BCUT2D eigenvalue weighted by molar-refractivity contribution is 0.448. The number of rotatable bonds is 6. The van der Waals surface area contributed by atoms with Crippen molar-refractivity contribution in [2.24, 2.45) is 0 Å². The van der Waals surface area contributed by atoms with Crippen LogP contribution in [-0.4, -0.2) is 21.3 Å². The molecule has 0 aliphatic rings. The van der Waals surface area contributed by atoms with E-state index in [2.05, 4.69) is 36.2 Å². The smallest absolute Gasteiger partial charge is 0.0834 e. The summed E-state index contributed by atoms with van der Waals surface area (Å²) in [6, 6.07) is 4.51. The first-order chi connectivity index (χ1) is 9.63. The minimum Gasteiger partial charge on any atom is -0.309 e. The maximum absolute atomic E-state index is 6.35. The van der Waals surface area contributed by atoms with Crippen LogP contribution < -0.4 is 5.32 Å². The second-order valence-corrected chi connectivity index (χ2v) is 5.49. The third-order valence-electron chi connectivity index (χ3n) is 3.25. The number of likely N-dealkylation sites (N-methyl/N-ethyl adjacent to an activating group) is 1. The monoisotopic (exact) mass is 292 g/mol. The van der Waals surface area contributed by atoms with Crippen molar-refractivity contribution >= 4 is 11.6 Å². The molecule has 0 aliphatic carbocycles. The van der Waals surface area contributed by atoms with Gasteiger partial charge in [0.2, 0.25) is 0 Å². The van der Waals surface area contributed by atoms with Crippen LogP contribution in [0.15, 0.2) is 30.7 Å². The molecule has 1 atom stereocenters. The van der Waals surface area contributed by atoms with E-state index in [1.165, 1.54) is 5.56 Å². The topological polar surface area (TPSA) is 42.7 Å². The molecule has 20 heavy (non-hydrogen) atoms. The fraction of sp³-hybridized carbons (Fsp3) is 0.467. The van der Waals surface area contributed by atoms with Crippen LogP contribution in [-0.2, 0) is 6.42 Å². The maximum atomic E-state index is 6.35. The average Bonchev–Trinajstić information content (AvgIpc) is 2.81. The van der Waals surface area contributed by atoms with Crippen molar-refractivity contribution in [2.45, 2.75) is 39.3 Å². The molecule has 5 heteroatoms. The standard InChI is InChI=1S/C15H21ClN4/c1-4-18-14(9-12-5-7-17-8-6-12)15-13(16)10-19-20(15)11(2)3/h5-8,10-11,14,18H,4,9H2,1-3H3. The van der Waals surface area contributed by atoms with Gasteiger partial charge in [0.15, 0.2) is 0 Å². The Hall–Kier alpha value is -1.39. The van der Waals surface area contributed by atoms with Crippen molar-refractivity contribution in [2.75, 3.05) is 6.54 Å². The summed E-state index contributed by atoms with van der Waals surface area (Å²) in [4.78, 5) is 4.06. The molecule has 0 saturated heterocycles. The zero-order valence-electron chi connectivity index (χ0n) is 12.2. The molecule has 2 rings (SSSR count). The zero-order chi connectivity index (χ0) is 14.5. The van der Waals surface area contributed by atoms with Crippen LogP contribution >= 0.6 is 11.6 Å². The molecule has 0 spiro atoms. The Morgan fingerprint density at radius 1 is 1.30 bits per heavy atom. The van der Waals surface area contributed by atoms with Gasteiger partial charge in [-0.2, -0.15) is 5.10 Å². The van der Waals surface area contributed by atoms with Gasteiger partial charge in [-0.3, -0.25) is 9.67 Å². The van der Waals surface area contributed by atoms with Gasteiger partial charge in [-0.25, -0.2) is 0 Å². The molecular weight excluding hydrogens is 272 g/mol. The highest BCUT2D eigenvalue weighted by molar-refractivity contribution is 6.31. The summed E-state index contributed by atoms with van der Waals surface area (Å²) in [5, 5.41) is 8.62. The lowest BCUT2D eigenvalue weighted by atomic mass is 10.0. The summed E-state index contributed by atoms with van der Waals surface area (Å²) in [5.74, 6) is 0. The van der Waals surface area contributed by atoms with E-state index in [1.54, 1.807) is 6.20 Å². The van der Waals surface area contributed by atoms with Crippen molar-refractivity contribution in [3.63, 3.8) is 0 Å². The van der Waals surface area contributed by atoms with Crippen molar-refractivity contribution in [1.82, 2.24) is 20.1 Å². The SMILES string of the molecule is CCNC(Cc1ccncc1)c1c(Cl)cnn1C(C)C. The van der Waals surface area contributed by atoms with Crippen LogP contribution in [0.1, 0.15) is 44.1 Å². The average molecular weight is 293 g/mol. The Balaban J connectivity index is 2.31. The molecule has 2 heterocycles. The van der Waals surface area contributed by atoms with E-state index in [1.807, 2.05) is 29.2 Å². The van der Waals surface area contributed by atoms with Crippen molar-refractivity contribution in [3.8, 4) is 0 Å². The van der Waals surface area contributed by atoms with Gasteiger partial charge in [0.25, 0.3) is 0 Å². The van der Waals surface area contributed by atoms with Crippen LogP contribution in [0.5, 0.6) is 0 Å². The van der Waals surface area contributed by atoms with Crippen molar-refractivity contribution in [1.29, 1.82) is 0 Å². The van der Waals surface area contributed by atoms with E-state index in [-0.39, 0.29) is 12.1 Å². The summed E-state index contributed by atoms with van der Waals surface area (Å²) >= 11 is 6.35. The highest BCUT2D eigenvalue weighted by atomic mass is 35.5. The Morgan fingerprint density at radius 3 is 2.60 bits per heavy atom. The van der Waals surface area contributed by atoms with E-state index in [0.717, 1.165) is 23.7 Å². The molecule has 0 aromatic carbocycles. The second-order valence-electron chi connectivity index (χ2n) is 5.09. The van der Waals surface area contributed by atoms with Crippen LogP contribution in [0, 0.1) is 0 Å². The maximum Gasteiger partial charge on any atom is 0.0834 e. The molecule has 0 aliphatic heterocycles. The largest absolute Gasteiger partial charge is 0.309 e. The van der Waals surface area contributed by atoms with Gasteiger partial charge in [-0.05, 0) is 44.5 Å². The van der Waals surface area contributed by atoms with Gasteiger partial charge in [-0.1, -0.05) is 18.5 Å². The Bertz CT molecular complexity index is 536. The van der Waals surface area contributed by atoms with Crippen LogP contribution in [0.3, 0.4) is 0 Å². The number of halogens is 1. The number of hydrogen-bond acceptors (Lipinski definition) is 3. The van der Waals surface area contributed by atoms with E-state index < -0.39 is 0 Å².